The van der Waals surface area contributed by atoms with E-state index in [1.165, 1.54) is 0 Å². The van der Waals surface area contributed by atoms with Crippen LogP contribution < -0.4 is 5.32 Å². The van der Waals surface area contributed by atoms with E-state index in [0.717, 1.165) is 48.7 Å². The quantitative estimate of drug-likeness (QED) is 0.773. The number of nitrogens with one attached hydrogen (secondary N) is 1. The summed E-state index contributed by atoms with van der Waals surface area (Å²) in [5.41, 5.74) is 1.05. The van der Waals surface area contributed by atoms with Gasteiger partial charge >= 0.3 is 0 Å². The normalized spacial score (nSPS) is 18.9. The van der Waals surface area contributed by atoms with Gasteiger partial charge in [0, 0.05) is 23.8 Å². The van der Waals surface area contributed by atoms with Crippen molar-refractivity contribution in [2.75, 3.05) is 18.9 Å². The van der Waals surface area contributed by atoms with Gasteiger partial charge in [0.05, 0.1) is 6.10 Å². The highest BCUT2D eigenvalue weighted by atomic mass is 32.2. The van der Waals surface area contributed by atoms with Crippen molar-refractivity contribution < 1.29 is 9.13 Å². The molecule has 1 atom stereocenters. The molecule has 1 unspecified atom stereocenters. The number of ether oxygens (including phenoxy) is 1. The van der Waals surface area contributed by atoms with Crippen molar-refractivity contribution in [2.45, 2.75) is 44.2 Å². The maximum absolute atomic E-state index is 13.4. The highest BCUT2D eigenvalue weighted by Crippen LogP contribution is 2.27. The Labute approximate surface area is 125 Å². The van der Waals surface area contributed by atoms with Gasteiger partial charge < -0.3 is 10.1 Å². The first-order valence-electron chi connectivity index (χ1n) is 7.38. The first kappa shape index (κ1) is 15.8. The second kappa shape index (κ2) is 8.01. The van der Waals surface area contributed by atoms with Crippen LogP contribution in [0.5, 0.6) is 0 Å². The molecule has 1 fully saturated rings. The Morgan fingerprint density at radius 1 is 1.45 bits per heavy atom. The summed E-state index contributed by atoms with van der Waals surface area (Å²) < 4.78 is 19.1. The van der Waals surface area contributed by atoms with Gasteiger partial charge in [0.25, 0.3) is 0 Å². The lowest BCUT2D eigenvalue weighted by molar-refractivity contribution is 0.129. The molecule has 0 bridgehead atoms. The summed E-state index contributed by atoms with van der Waals surface area (Å²) in [6.07, 6.45) is 2.67. The van der Waals surface area contributed by atoms with Gasteiger partial charge in [0.2, 0.25) is 0 Å². The number of benzene rings is 1. The molecule has 1 aliphatic rings. The lowest BCUT2D eigenvalue weighted by Gasteiger charge is -2.14. The first-order chi connectivity index (χ1) is 9.65. The smallest absolute Gasteiger partial charge is 0.123 e. The van der Waals surface area contributed by atoms with E-state index in [-0.39, 0.29) is 5.82 Å². The lowest BCUT2D eigenvalue weighted by Crippen LogP contribution is -2.19. The predicted octanol–water partition coefficient (Wildman–Crippen LogP) is 3.84. The first-order valence-corrected chi connectivity index (χ1v) is 8.37. The van der Waals surface area contributed by atoms with Crippen LogP contribution in [-0.2, 0) is 11.3 Å². The average molecular weight is 297 g/mol. The van der Waals surface area contributed by atoms with Crippen molar-refractivity contribution in [3.63, 3.8) is 0 Å². The molecule has 4 heteroatoms. The number of hydrogen-bond acceptors (Lipinski definition) is 3. The highest BCUT2D eigenvalue weighted by molar-refractivity contribution is 7.99. The molecule has 0 radical (unpaired) electrons. The monoisotopic (exact) mass is 297 g/mol. The zero-order valence-electron chi connectivity index (χ0n) is 12.3. The molecule has 1 saturated heterocycles. The van der Waals surface area contributed by atoms with E-state index >= 15 is 0 Å². The summed E-state index contributed by atoms with van der Waals surface area (Å²) >= 11 is 1.78. The van der Waals surface area contributed by atoms with Gasteiger partial charge in [-0.2, -0.15) is 0 Å². The molecular weight excluding hydrogens is 273 g/mol. The van der Waals surface area contributed by atoms with Gasteiger partial charge in [0.1, 0.15) is 5.82 Å². The van der Waals surface area contributed by atoms with Gasteiger partial charge in [-0.05, 0) is 49.1 Å². The Balaban J connectivity index is 1.91. The van der Waals surface area contributed by atoms with Crippen LogP contribution in [0.1, 0.15) is 32.3 Å². The number of rotatable bonds is 7. The van der Waals surface area contributed by atoms with E-state index < -0.39 is 0 Å². The van der Waals surface area contributed by atoms with Crippen LogP contribution in [0.3, 0.4) is 0 Å². The van der Waals surface area contributed by atoms with Crippen LogP contribution in [0.2, 0.25) is 0 Å². The zero-order chi connectivity index (χ0) is 14.4. The fourth-order valence-electron chi connectivity index (χ4n) is 2.28. The number of hydrogen-bond donors (Lipinski definition) is 1. The van der Waals surface area contributed by atoms with Crippen LogP contribution in [-0.4, -0.2) is 25.0 Å². The molecule has 1 aromatic carbocycles. The molecule has 1 heterocycles. The second-order valence-electron chi connectivity index (χ2n) is 5.72. The molecule has 0 amide bonds. The van der Waals surface area contributed by atoms with Crippen LogP contribution in [0, 0.1) is 11.7 Å². The summed E-state index contributed by atoms with van der Waals surface area (Å²) in [6.45, 7) is 6.91. The third-order valence-corrected chi connectivity index (χ3v) is 4.59. The van der Waals surface area contributed by atoms with Crippen LogP contribution in [0.4, 0.5) is 4.39 Å². The van der Waals surface area contributed by atoms with Crippen molar-refractivity contribution in [1.82, 2.24) is 5.32 Å². The molecule has 1 N–H and O–H groups in total. The molecule has 112 valence electrons. The molecule has 2 nitrogen and oxygen atoms in total. The van der Waals surface area contributed by atoms with Gasteiger partial charge in [-0.15, -0.1) is 11.8 Å². The standard InChI is InChI=1S/C16H24FNOS/c1-12(2)9-18-10-13-8-14(17)5-6-16(13)20-11-15-4-3-7-19-15/h5-6,8,12,15,18H,3-4,7,9-11H2,1-2H3. The van der Waals surface area contributed by atoms with Crippen LogP contribution in [0.25, 0.3) is 0 Å². The highest BCUT2D eigenvalue weighted by Gasteiger charge is 2.16. The SMILES string of the molecule is CC(C)CNCc1cc(F)ccc1SCC1CCCO1. The molecule has 2 rings (SSSR count). The van der Waals surface area contributed by atoms with E-state index in [1.54, 1.807) is 23.9 Å². The minimum Gasteiger partial charge on any atom is -0.377 e. The maximum atomic E-state index is 13.4. The lowest BCUT2D eigenvalue weighted by atomic mass is 10.2. The molecular formula is C16H24FNOS. The summed E-state index contributed by atoms with van der Waals surface area (Å²) in [6, 6.07) is 5.08. The largest absolute Gasteiger partial charge is 0.377 e. The predicted molar refractivity (Wildman–Crippen MR) is 82.6 cm³/mol. The minimum absolute atomic E-state index is 0.159. The summed E-state index contributed by atoms with van der Waals surface area (Å²) in [4.78, 5) is 1.16. The van der Waals surface area contributed by atoms with E-state index in [0.29, 0.717) is 12.0 Å². The maximum Gasteiger partial charge on any atom is 0.123 e. The third-order valence-electron chi connectivity index (χ3n) is 3.34. The van der Waals surface area contributed by atoms with Gasteiger partial charge in [-0.3, -0.25) is 0 Å². The van der Waals surface area contributed by atoms with Crippen LogP contribution >= 0.6 is 11.8 Å². The van der Waals surface area contributed by atoms with Gasteiger partial charge in [0.15, 0.2) is 0 Å². The number of thioether (sulfide) groups is 1. The zero-order valence-corrected chi connectivity index (χ0v) is 13.1. The fourth-order valence-corrected chi connectivity index (χ4v) is 3.39. The Bertz CT molecular complexity index is 419. The molecule has 0 saturated carbocycles. The Morgan fingerprint density at radius 3 is 3.00 bits per heavy atom. The van der Waals surface area contributed by atoms with E-state index in [1.807, 2.05) is 6.07 Å². The van der Waals surface area contributed by atoms with Crippen molar-refractivity contribution in [1.29, 1.82) is 0 Å². The van der Waals surface area contributed by atoms with Crippen molar-refractivity contribution in [3.8, 4) is 0 Å². The molecule has 0 aliphatic carbocycles. The molecule has 20 heavy (non-hydrogen) atoms. The Hall–Kier alpha value is -0.580. The summed E-state index contributed by atoms with van der Waals surface area (Å²) in [5, 5.41) is 3.39. The fraction of sp³-hybridized carbons (Fsp3) is 0.625. The second-order valence-corrected chi connectivity index (χ2v) is 6.78. The van der Waals surface area contributed by atoms with E-state index in [2.05, 4.69) is 19.2 Å². The van der Waals surface area contributed by atoms with E-state index in [4.69, 9.17) is 4.74 Å². The Morgan fingerprint density at radius 2 is 2.30 bits per heavy atom. The minimum atomic E-state index is -0.159. The molecule has 0 aromatic heterocycles. The van der Waals surface area contributed by atoms with E-state index in [9.17, 15) is 4.39 Å². The van der Waals surface area contributed by atoms with Crippen molar-refractivity contribution in [2.24, 2.45) is 5.92 Å². The number of halogens is 1. The van der Waals surface area contributed by atoms with Crippen molar-refractivity contribution in [3.05, 3.63) is 29.6 Å². The summed E-state index contributed by atoms with van der Waals surface area (Å²) in [7, 11) is 0. The average Bonchev–Trinajstić information content (AvgIpc) is 2.90. The van der Waals surface area contributed by atoms with Gasteiger partial charge in [-0.25, -0.2) is 4.39 Å². The topological polar surface area (TPSA) is 21.3 Å². The van der Waals surface area contributed by atoms with Gasteiger partial charge in [-0.1, -0.05) is 13.8 Å². The van der Waals surface area contributed by atoms with Crippen molar-refractivity contribution >= 4 is 11.8 Å². The molecule has 0 spiro atoms. The molecule has 1 aliphatic heterocycles. The summed E-state index contributed by atoms with van der Waals surface area (Å²) in [5.74, 6) is 1.40. The van der Waals surface area contributed by atoms with Crippen LogP contribution in [0.15, 0.2) is 23.1 Å². The third kappa shape index (κ3) is 5.08. The molecule has 1 aromatic rings. The Kier molecular flexibility index (Phi) is 6.33.